The van der Waals surface area contributed by atoms with Gasteiger partial charge in [-0.2, -0.15) is 18.4 Å². The van der Waals surface area contributed by atoms with Gasteiger partial charge in [0.25, 0.3) is 5.95 Å². The lowest BCUT2D eigenvalue weighted by Gasteiger charge is -2.30. The highest BCUT2D eigenvalue weighted by Gasteiger charge is 2.36. The van der Waals surface area contributed by atoms with Crippen LogP contribution in [0.1, 0.15) is 79.5 Å². The van der Waals surface area contributed by atoms with E-state index < -0.39 is 11.7 Å². The molecule has 2 heterocycles. The summed E-state index contributed by atoms with van der Waals surface area (Å²) in [6.45, 7) is 8.88. The van der Waals surface area contributed by atoms with E-state index in [-0.39, 0.29) is 12.0 Å². The second-order valence-electron chi connectivity index (χ2n) is 12.4. The number of benzene rings is 1. The van der Waals surface area contributed by atoms with Gasteiger partial charge in [-0.1, -0.05) is 30.6 Å². The Labute approximate surface area is 227 Å². The molecule has 1 N–H and O–H groups in total. The molecule has 10 heteroatoms. The van der Waals surface area contributed by atoms with E-state index in [0.717, 1.165) is 37.3 Å². The van der Waals surface area contributed by atoms with Crippen LogP contribution in [-0.4, -0.2) is 38.7 Å². The number of hydrogen-bond acceptors (Lipinski definition) is 6. The Morgan fingerprint density at radius 2 is 1.69 bits per heavy atom. The Kier molecular flexibility index (Phi) is 6.54. The van der Waals surface area contributed by atoms with Crippen LogP contribution in [0, 0.1) is 18.8 Å². The number of halogens is 3. The van der Waals surface area contributed by atoms with Crippen LogP contribution in [0.3, 0.4) is 0 Å². The van der Waals surface area contributed by atoms with E-state index in [1.165, 1.54) is 49.1 Å². The summed E-state index contributed by atoms with van der Waals surface area (Å²) < 4.78 is 40.8. The highest BCUT2D eigenvalue weighted by molar-refractivity contribution is 5.54. The topological polar surface area (TPSA) is 73.8 Å². The molecule has 3 aliphatic carbocycles. The number of hydrogen-bond donors (Lipinski definition) is 1. The Balaban J connectivity index is 1.38. The van der Waals surface area contributed by atoms with Gasteiger partial charge in [-0.3, -0.25) is 0 Å². The molecule has 3 aliphatic rings. The van der Waals surface area contributed by atoms with Crippen molar-refractivity contribution in [3.05, 3.63) is 57.8 Å². The number of aromatic amines is 1. The van der Waals surface area contributed by atoms with E-state index in [1.807, 2.05) is 4.90 Å². The van der Waals surface area contributed by atoms with Crippen LogP contribution in [0.2, 0.25) is 0 Å². The first-order valence-corrected chi connectivity index (χ1v) is 14.0. The number of alkyl halides is 3. The minimum atomic E-state index is -4.41. The van der Waals surface area contributed by atoms with Crippen molar-refractivity contribution in [1.29, 1.82) is 0 Å². The van der Waals surface area contributed by atoms with E-state index in [0.29, 0.717) is 35.5 Å². The van der Waals surface area contributed by atoms with Crippen molar-refractivity contribution in [3.8, 4) is 0 Å². The van der Waals surface area contributed by atoms with E-state index in [2.05, 4.69) is 45.4 Å². The van der Waals surface area contributed by atoms with Crippen LogP contribution in [-0.2, 0) is 31.1 Å². The third kappa shape index (κ3) is 5.89. The van der Waals surface area contributed by atoms with Gasteiger partial charge in [-0.15, -0.1) is 5.10 Å². The molecule has 7 nitrogen and oxygen atoms in total. The third-order valence-corrected chi connectivity index (χ3v) is 8.28. The Hall–Kier alpha value is -3.17. The maximum Gasteiger partial charge on any atom is 0.416 e. The van der Waals surface area contributed by atoms with E-state index in [4.69, 9.17) is 4.98 Å². The quantitative estimate of drug-likeness (QED) is 0.342. The summed E-state index contributed by atoms with van der Waals surface area (Å²) in [7, 11) is 0. The predicted molar refractivity (Wildman–Crippen MR) is 143 cm³/mol. The molecular formula is C29H36F3N7. The first kappa shape index (κ1) is 26.1. The second kappa shape index (κ2) is 9.78. The van der Waals surface area contributed by atoms with Crippen LogP contribution in [0.4, 0.5) is 24.9 Å². The smallest absolute Gasteiger partial charge is 0.356 e. The minimum Gasteiger partial charge on any atom is -0.356 e. The molecule has 3 aromatic rings. The zero-order valence-electron chi connectivity index (χ0n) is 22.9. The highest BCUT2D eigenvalue weighted by Crippen LogP contribution is 2.42. The van der Waals surface area contributed by atoms with E-state index in [1.54, 1.807) is 13.0 Å². The molecule has 0 atom stereocenters. The first-order valence-electron chi connectivity index (χ1n) is 14.0. The molecule has 1 aromatic carbocycles. The average molecular weight is 540 g/mol. The summed E-state index contributed by atoms with van der Waals surface area (Å²) in [5.41, 5.74) is 4.01. The fourth-order valence-electron chi connectivity index (χ4n) is 5.83. The summed E-state index contributed by atoms with van der Waals surface area (Å²) in [4.78, 5) is 9.75. The number of aromatic nitrogens is 5. The van der Waals surface area contributed by atoms with Crippen LogP contribution < -0.4 is 9.80 Å². The van der Waals surface area contributed by atoms with Crippen molar-refractivity contribution in [3.63, 3.8) is 0 Å². The van der Waals surface area contributed by atoms with Crippen LogP contribution in [0.15, 0.2) is 24.3 Å². The van der Waals surface area contributed by atoms with Gasteiger partial charge in [-0.25, -0.2) is 4.98 Å². The number of tetrazole rings is 1. The molecule has 208 valence electrons. The van der Waals surface area contributed by atoms with Gasteiger partial charge in [0, 0.05) is 37.2 Å². The van der Waals surface area contributed by atoms with Crippen molar-refractivity contribution < 1.29 is 13.2 Å². The molecule has 0 spiro atoms. The number of aryl methyl sites for hydroxylation is 2. The zero-order chi connectivity index (χ0) is 27.4. The summed E-state index contributed by atoms with van der Waals surface area (Å²) in [6, 6.07) is 6.47. The Bertz CT molecular complexity index is 1310. The molecule has 0 bridgehead atoms. The number of pyridine rings is 1. The lowest BCUT2D eigenvalue weighted by Crippen LogP contribution is -2.32. The van der Waals surface area contributed by atoms with Crippen LogP contribution >= 0.6 is 0 Å². The monoisotopic (exact) mass is 539 g/mol. The van der Waals surface area contributed by atoms with E-state index in [9.17, 15) is 13.2 Å². The molecule has 0 unspecified atom stereocenters. The number of fused-ring (bicyclic) bond motifs is 1. The number of rotatable bonds is 10. The predicted octanol–water partition coefficient (Wildman–Crippen LogP) is 5.98. The molecule has 0 radical (unpaired) electrons. The van der Waals surface area contributed by atoms with Crippen molar-refractivity contribution in [2.24, 2.45) is 11.8 Å². The summed E-state index contributed by atoms with van der Waals surface area (Å²) in [5, 5.41) is 14.7. The zero-order valence-corrected chi connectivity index (χ0v) is 22.9. The lowest BCUT2D eigenvalue weighted by atomic mass is 9.90. The van der Waals surface area contributed by atoms with Gasteiger partial charge in [0.2, 0.25) is 0 Å². The van der Waals surface area contributed by atoms with Gasteiger partial charge in [-0.05, 0) is 91.8 Å². The fraction of sp³-hybridized carbons (Fsp3) is 0.586. The highest BCUT2D eigenvalue weighted by atomic mass is 19.4. The van der Waals surface area contributed by atoms with Crippen LogP contribution in [0.5, 0.6) is 0 Å². The van der Waals surface area contributed by atoms with Crippen molar-refractivity contribution >= 4 is 11.8 Å². The number of anilines is 2. The summed E-state index contributed by atoms with van der Waals surface area (Å²) in [5.74, 6) is 2.78. The fourth-order valence-corrected chi connectivity index (χ4v) is 5.83. The lowest BCUT2D eigenvalue weighted by molar-refractivity contribution is -0.137. The Morgan fingerprint density at radius 3 is 2.31 bits per heavy atom. The molecular weight excluding hydrogens is 503 g/mol. The van der Waals surface area contributed by atoms with Crippen molar-refractivity contribution in [1.82, 2.24) is 25.6 Å². The molecule has 39 heavy (non-hydrogen) atoms. The summed E-state index contributed by atoms with van der Waals surface area (Å²) in [6.07, 6.45) is 2.67. The standard InChI is InChI=1S/C29H36F3N7/c1-18-10-21(12-24(11-18)29(30,31)32)16-39(27-34-36-37-35-27)17-23-13-22-8-9-28(2,3)25(22)33-26(23)38(14-19-4-5-19)15-20-6-7-20/h10-13,19-20H,4-9,14-17H2,1-3H3,(H,34,35,36,37). The molecule has 0 amide bonds. The van der Waals surface area contributed by atoms with Gasteiger partial charge in [0.1, 0.15) is 5.82 Å². The summed E-state index contributed by atoms with van der Waals surface area (Å²) >= 11 is 0. The second-order valence-corrected chi connectivity index (χ2v) is 12.4. The molecule has 2 fully saturated rings. The largest absolute Gasteiger partial charge is 0.416 e. The van der Waals surface area contributed by atoms with Gasteiger partial charge in [0.15, 0.2) is 0 Å². The number of H-pyrrole nitrogens is 1. The van der Waals surface area contributed by atoms with Gasteiger partial charge >= 0.3 is 6.18 Å². The number of nitrogens with one attached hydrogen (secondary N) is 1. The first-order chi connectivity index (χ1) is 18.5. The third-order valence-electron chi connectivity index (χ3n) is 8.28. The molecule has 6 rings (SSSR count). The molecule has 0 aliphatic heterocycles. The van der Waals surface area contributed by atoms with Crippen molar-refractivity contribution in [2.75, 3.05) is 22.9 Å². The van der Waals surface area contributed by atoms with Gasteiger partial charge in [0.05, 0.1) is 11.3 Å². The van der Waals surface area contributed by atoms with Crippen LogP contribution in [0.25, 0.3) is 0 Å². The Morgan fingerprint density at radius 1 is 0.974 bits per heavy atom. The van der Waals surface area contributed by atoms with E-state index >= 15 is 0 Å². The van der Waals surface area contributed by atoms with Crippen molar-refractivity contribution in [2.45, 2.75) is 84.0 Å². The maximum atomic E-state index is 13.6. The SMILES string of the molecule is Cc1cc(CN(Cc2cc3c(nc2N(CC2CC2)CC2CC2)C(C)(C)CC3)c2nn[nH]n2)cc(C(F)(F)F)c1. The average Bonchev–Trinajstić information content (AvgIpc) is 3.78. The molecule has 2 aromatic heterocycles. The normalized spacial score (nSPS) is 18.3. The maximum absolute atomic E-state index is 13.6. The number of nitrogens with zero attached hydrogens (tertiary/aromatic N) is 6. The molecule has 0 saturated heterocycles. The minimum absolute atomic E-state index is 0.0242. The van der Waals surface area contributed by atoms with Gasteiger partial charge < -0.3 is 9.80 Å². The molecule has 2 saturated carbocycles.